The molecule has 5 heterocycles. The second-order valence-electron chi connectivity index (χ2n) is 9.11. The molecule has 2 aliphatic rings. The monoisotopic (exact) mass is 402 g/mol. The van der Waals surface area contributed by atoms with E-state index in [2.05, 4.69) is 45.2 Å². The highest BCUT2D eigenvalue weighted by molar-refractivity contribution is 5.66. The normalized spacial score (nSPS) is 27.3. The Labute approximate surface area is 176 Å². The summed E-state index contributed by atoms with van der Waals surface area (Å²) in [7, 11) is 0. The van der Waals surface area contributed by atoms with E-state index in [-0.39, 0.29) is 16.8 Å². The molecule has 2 saturated heterocycles. The van der Waals surface area contributed by atoms with Crippen molar-refractivity contribution in [2.24, 2.45) is 0 Å². The zero-order chi connectivity index (χ0) is 20.8. The van der Waals surface area contributed by atoms with Crippen molar-refractivity contribution < 1.29 is 5.11 Å². The molecule has 0 aliphatic carbocycles. The standard InChI is InChI=1S/C23H26N6O/c1-22-4-3-5-23(2,28-22)11-16(10-22)8-17-12-26-19(14-25-17)18-13-27-21(9-20(18)30)29-7-6-24-15-29/h6-9,12-15,28H,3-5,10-11H2,1-2H3,(H,27,30)/b16-8-/t22-,23+/m1/s1. The molecule has 2 fully saturated rings. The predicted molar refractivity (Wildman–Crippen MR) is 115 cm³/mol. The molecule has 0 radical (unpaired) electrons. The van der Waals surface area contributed by atoms with Crippen molar-refractivity contribution in [3.8, 4) is 22.8 Å². The van der Waals surface area contributed by atoms with Crippen LogP contribution in [0.2, 0.25) is 0 Å². The molecule has 2 aliphatic heterocycles. The number of imidazole rings is 1. The second kappa shape index (κ2) is 7.02. The summed E-state index contributed by atoms with van der Waals surface area (Å²) in [5.74, 6) is 0.711. The van der Waals surface area contributed by atoms with E-state index in [4.69, 9.17) is 0 Å². The Morgan fingerprint density at radius 3 is 2.50 bits per heavy atom. The van der Waals surface area contributed by atoms with Gasteiger partial charge in [0.05, 0.1) is 29.3 Å². The molecule has 2 N–H and O–H groups in total. The lowest BCUT2D eigenvalue weighted by molar-refractivity contribution is 0.124. The number of nitrogens with zero attached hydrogens (tertiary/aromatic N) is 5. The molecule has 2 bridgehead atoms. The summed E-state index contributed by atoms with van der Waals surface area (Å²) in [5.41, 5.74) is 3.79. The highest BCUT2D eigenvalue weighted by Gasteiger charge is 2.43. The molecule has 3 aromatic rings. The van der Waals surface area contributed by atoms with Crippen LogP contribution in [0, 0.1) is 0 Å². The van der Waals surface area contributed by atoms with Crippen LogP contribution in [0.5, 0.6) is 5.75 Å². The first kappa shape index (κ1) is 18.9. The van der Waals surface area contributed by atoms with E-state index in [1.807, 2.05) is 0 Å². The van der Waals surface area contributed by atoms with E-state index >= 15 is 0 Å². The van der Waals surface area contributed by atoms with Gasteiger partial charge in [-0.1, -0.05) is 5.57 Å². The minimum Gasteiger partial charge on any atom is -0.507 e. The molecule has 0 amide bonds. The van der Waals surface area contributed by atoms with Crippen LogP contribution in [0.25, 0.3) is 23.2 Å². The van der Waals surface area contributed by atoms with Crippen LogP contribution in [0.4, 0.5) is 0 Å². The molecule has 5 rings (SSSR count). The number of piperidine rings is 2. The summed E-state index contributed by atoms with van der Waals surface area (Å²) in [4.78, 5) is 17.5. The number of hydrogen-bond donors (Lipinski definition) is 2. The van der Waals surface area contributed by atoms with E-state index in [0.717, 1.165) is 18.5 Å². The fraction of sp³-hybridized carbons (Fsp3) is 0.391. The molecule has 0 saturated carbocycles. The lowest BCUT2D eigenvalue weighted by Crippen LogP contribution is -2.61. The zero-order valence-corrected chi connectivity index (χ0v) is 17.3. The number of hydrogen-bond acceptors (Lipinski definition) is 6. The van der Waals surface area contributed by atoms with Gasteiger partial charge in [0, 0.05) is 35.7 Å². The number of pyridine rings is 1. The topological polar surface area (TPSA) is 88.8 Å². The predicted octanol–water partition coefficient (Wildman–Crippen LogP) is 3.90. The highest BCUT2D eigenvalue weighted by atomic mass is 16.3. The van der Waals surface area contributed by atoms with E-state index in [1.165, 1.54) is 24.8 Å². The third-order valence-corrected chi connectivity index (χ3v) is 6.23. The number of aromatic nitrogens is 5. The van der Waals surface area contributed by atoms with Gasteiger partial charge in [0.25, 0.3) is 0 Å². The van der Waals surface area contributed by atoms with Gasteiger partial charge in [-0.2, -0.15) is 0 Å². The van der Waals surface area contributed by atoms with E-state index < -0.39 is 0 Å². The molecule has 30 heavy (non-hydrogen) atoms. The summed E-state index contributed by atoms with van der Waals surface area (Å²) in [6.45, 7) is 4.66. The molecule has 154 valence electrons. The van der Waals surface area contributed by atoms with Crippen molar-refractivity contribution in [1.82, 2.24) is 29.8 Å². The van der Waals surface area contributed by atoms with Gasteiger partial charge in [0.15, 0.2) is 0 Å². The maximum atomic E-state index is 10.5. The van der Waals surface area contributed by atoms with Gasteiger partial charge in [-0.3, -0.25) is 14.5 Å². The average molecular weight is 403 g/mol. The third kappa shape index (κ3) is 3.61. The fourth-order valence-corrected chi connectivity index (χ4v) is 5.08. The number of aromatic hydroxyl groups is 1. The highest BCUT2D eigenvalue weighted by Crippen LogP contribution is 2.42. The van der Waals surface area contributed by atoms with E-state index in [1.54, 1.807) is 47.9 Å². The summed E-state index contributed by atoms with van der Waals surface area (Å²) in [6, 6.07) is 1.60. The summed E-state index contributed by atoms with van der Waals surface area (Å²) < 4.78 is 1.74. The van der Waals surface area contributed by atoms with Crippen molar-refractivity contribution in [2.45, 2.75) is 57.0 Å². The van der Waals surface area contributed by atoms with Crippen LogP contribution in [0.3, 0.4) is 0 Å². The molecular formula is C23H26N6O. The molecule has 7 heteroatoms. The van der Waals surface area contributed by atoms with Crippen LogP contribution in [0.15, 0.2) is 49.0 Å². The van der Waals surface area contributed by atoms with Crippen LogP contribution < -0.4 is 5.32 Å². The molecule has 0 unspecified atom stereocenters. The Bertz CT molecular complexity index is 1070. The van der Waals surface area contributed by atoms with Gasteiger partial charge in [0.2, 0.25) is 0 Å². The molecule has 0 aromatic carbocycles. The first-order chi connectivity index (χ1) is 14.4. The number of nitrogens with one attached hydrogen (secondary N) is 1. The lowest BCUT2D eigenvalue weighted by atomic mass is 9.69. The van der Waals surface area contributed by atoms with Crippen molar-refractivity contribution in [3.63, 3.8) is 0 Å². The first-order valence-corrected chi connectivity index (χ1v) is 10.4. The van der Waals surface area contributed by atoms with Gasteiger partial charge < -0.3 is 10.4 Å². The molecule has 0 spiro atoms. The van der Waals surface area contributed by atoms with Crippen molar-refractivity contribution in [1.29, 1.82) is 0 Å². The van der Waals surface area contributed by atoms with Gasteiger partial charge in [-0.25, -0.2) is 9.97 Å². The quantitative estimate of drug-likeness (QED) is 0.691. The Morgan fingerprint density at radius 1 is 1.07 bits per heavy atom. The molecule has 2 atom stereocenters. The summed E-state index contributed by atoms with van der Waals surface area (Å²) in [5, 5.41) is 14.3. The number of fused-ring (bicyclic) bond motifs is 2. The third-order valence-electron chi connectivity index (χ3n) is 6.23. The van der Waals surface area contributed by atoms with Crippen LogP contribution in [-0.2, 0) is 0 Å². The van der Waals surface area contributed by atoms with Gasteiger partial charge in [0.1, 0.15) is 17.9 Å². The largest absolute Gasteiger partial charge is 0.507 e. The fourth-order valence-electron chi connectivity index (χ4n) is 5.08. The maximum Gasteiger partial charge on any atom is 0.141 e. The van der Waals surface area contributed by atoms with Gasteiger partial charge in [-0.15, -0.1) is 0 Å². The van der Waals surface area contributed by atoms with Crippen molar-refractivity contribution in [3.05, 3.63) is 54.6 Å². The smallest absolute Gasteiger partial charge is 0.141 e. The zero-order valence-electron chi connectivity index (χ0n) is 17.3. The molecule has 7 nitrogen and oxygen atoms in total. The maximum absolute atomic E-state index is 10.5. The summed E-state index contributed by atoms with van der Waals surface area (Å²) in [6.07, 6.45) is 18.2. The first-order valence-electron chi connectivity index (χ1n) is 10.4. The summed E-state index contributed by atoms with van der Waals surface area (Å²) >= 11 is 0. The minimum absolute atomic E-state index is 0.112. The second-order valence-corrected chi connectivity index (χ2v) is 9.11. The number of rotatable bonds is 3. The van der Waals surface area contributed by atoms with Crippen molar-refractivity contribution in [2.75, 3.05) is 0 Å². The van der Waals surface area contributed by atoms with Crippen LogP contribution in [-0.4, -0.2) is 40.7 Å². The minimum atomic E-state index is 0.112. The van der Waals surface area contributed by atoms with Crippen LogP contribution >= 0.6 is 0 Å². The van der Waals surface area contributed by atoms with E-state index in [0.29, 0.717) is 17.1 Å². The Hall–Kier alpha value is -3.06. The SMILES string of the molecule is C[C@]12CCC[C@](C)(C/C(=C/c3cnc(-c4cnc(-n5ccnc5)cc4O)cn3)C1)N2. The Morgan fingerprint density at radius 2 is 1.87 bits per heavy atom. The van der Waals surface area contributed by atoms with Crippen molar-refractivity contribution >= 4 is 6.08 Å². The van der Waals surface area contributed by atoms with Gasteiger partial charge in [-0.05, 0) is 52.0 Å². The Kier molecular flexibility index (Phi) is 4.43. The van der Waals surface area contributed by atoms with E-state index in [9.17, 15) is 5.11 Å². The Balaban J connectivity index is 1.38. The van der Waals surface area contributed by atoms with Crippen LogP contribution in [0.1, 0.15) is 51.6 Å². The average Bonchev–Trinajstić information content (AvgIpc) is 3.22. The van der Waals surface area contributed by atoms with Gasteiger partial charge >= 0.3 is 0 Å². The molecule has 3 aromatic heterocycles. The lowest BCUT2D eigenvalue weighted by Gasteiger charge is -2.51. The molecular weight excluding hydrogens is 376 g/mol.